The van der Waals surface area contributed by atoms with Crippen molar-refractivity contribution in [1.29, 1.82) is 0 Å². The molecule has 10 heteroatoms. The molecule has 0 saturated carbocycles. The number of hydrogen-bond acceptors (Lipinski definition) is 6. The molecule has 0 spiro atoms. The van der Waals surface area contributed by atoms with E-state index in [-0.39, 0.29) is 18.3 Å². The van der Waals surface area contributed by atoms with E-state index in [0.29, 0.717) is 23.6 Å². The maximum Gasteiger partial charge on any atom is 0.573 e. The van der Waals surface area contributed by atoms with E-state index in [1.54, 1.807) is 13.0 Å². The monoisotopic (exact) mass is 411 g/mol. The highest BCUT2D eigenvalue weighted by Crippen LogP contribution is 2.28. The number of benzene rings is 1. The number of carbonyl (C=O) groups is 1. The third-order valence-electron chi connectivity index (χ3n) is 4.55. The largest absolute Gasteiger partial charge is 0.573 e. The minimum absolute atomic E-state index is 0.0538. The van der Waals surface area contributed by atoms with Gasteiger partial charge in [-0.15, -0.1) is 13.2 Å². The smallest absolute Gasteiger partial charge is 0.447 e. The molecule has 0 bridgehead atoms. The van der Waals surface area contributed by atoms with Crippen molar-refractivity contribution in [3.8, 4) is 5.75 Å². The van der Waals surface area contributed by atoms with Gasteiger partial charge in [-0.05, 0) is 36.6 Å². The van der Waals surface area contributed by atoms with Gasteiger partial charge in [0.25, 0.3) is 0 Å². The Kier molecular flexibility index (Phi) is 5.92. The van der Waals surface area contributed by atoms with Gasteiger partial charge >= 0.3 is 12.5 Å². The number of aromatic nitrogens is 2. The Morgan fingerprint density at radius 1 is 1.34 bits per heavy atom. The van der Waals surface area contributed by atoms with Crippen molar-refractivity contribution in [2.45, 2.75) is 44.7 Å². The maximum absolute atomic E-state index is 12.4. The lowest BCUT2D eigenvalue weighted by Crippen LogP contribution is -2.41. The molecule has 3 atom stereocenters. The van der Waals surface area contributed by atoms with Crippen molar-refractivity contribution < 1.29 is 32.5 Å². The van der Waals surface area contributed by atoms with E-state index in [1.807, 2.05) is 6.92 Å². The number of aliphatic hydroxyl groups is 1. The molecule has 0 aliphatic carbocycles. The van der Waals surface area contributed by atoms with Crippen LogP contribution in [0.5, 0.6) is 5.75 Å². The maximum atomic E-state index is 12.4. The van der Waals surface area contributed by atoms with Crippen LogP contribution in [-0.2, 0) is 11.2 Å². The third-order valence-corrected chi connectivity index (χ3v) is 4.55. The topological polar surface area (TPSA) is 84.8 Å². The Labute approximate surface area is 165 Å². The summed E-state index contributed by atoms with van der Waals surface area (Å²) in [6.07, 6.45) is -4.37. The van der Waals surface area contributed by atoms with E-state index in [2.05, 4.69) is 14.7 Å². The first-order chi connectivity index (χ1) is 13.6. The number of amides is 1. The summed E-state index contributed by atoms with van der Waals surface area (Å²) in [5.74, 6) is 0.196. The van der Waals surface area contributed by atoms with Crippen LogP contribution in [0, 0.1) is 0 Å². The molecule has 7 nitrogen and oxygen atoms in total. The Morgan fingerprint density at radius 2 is 2.10 bits per heavy atom. The predicted molar refractivity (Wildman–Crippen MR) is 96.6 cm³/mol. The second kappa shape index (κ2) is 8.24. The van der Waals surface area contributed by atoms with E-state index >= 15 is 0 Å². The Balaban J connectivity index is 1.77. The van der Waals surface area contributed by atoms with Crippen molar-refractivity contribution in [2.75, 3.05) is 11.5 Å². The SMILES string of the molecule is C[C@H](Cc1nccc(N2C(=O)OC[C@@H]2[C@@H](C)O)n1)c1cccc(OC(F)(F)F)c1. The fourth-order valence-corrected chi connectivity index (χ4v) is 3.09. The first-order valence-corrected chi connectivity index (χ1v) is 8.95. The second-order valence-corrected chi connectivity index (χ2v) is 6.81. The van der Waals surface area contributed by atoms with Crippen molar-refractivity contribution in [3.05, 3.63) is 47.9 Å². The quantitative estimate of drug-likeness (QED) is 0.784. The highest BCUT2D eigenvalue weighted by molar-refractivity contribution is 5.89. The number of cyclic esters (lactones) is 1. The van der Waals surface area contributed by atoms with Crippen molar-refractivity contribution >= 4 is 11.9 Å². The number of halogens is 3. The van der Waals surface area contributed by atoms with Gasteiger partial charge in [0.15, 0.2) is 0 Å². The number of carbonyl (C=O) groups excluding carboxylic acids is 1. The molecule has 1 aromatic carbocycles. The van der Waals surface area contributed by atoms with Gasteiger partial charge in [-0.25, -0.2) is 14.8 Å². The summed E-state index contributed by atoms with van der Waals surface area (Å²) in [5.41, 5.74) is 0.628. The molecular weight excluding hydrogens is 391 g/mol. The minimum Gasteiger partial charge on any atom is -0.447 e. The minimum atomic E-state index is -4.76. The molecule has 1 saturated heterocycles. The molecule has 1 aliphatic rings. The summed E-state index contributed by atoms with van der Waals surface area (Å²) < 4.78 is 46.3. The summed E-state index contributed by atoms with van der Waals surface area (Å²) in [5, 5.41) is 9.86. The van der Waals surface area contributed by atoms with Gasteiger partial charge in [0.05, 0.1) is 6.10 Å². The molecule has 2 aromatic rings. The summed E-state index contributed by atoms with van der Waals surface area (Å²) in [6, 6.07) is 6.71. The average Bonchev–Trinajstić information content (AvgIpc) is 3.02. The summed E-state index contributed by atoms with van der Waals surface area (Å²) in [6.45, 7) is 3.43. The lowest BCUT2D eigenvalue weighted by atomic mass is 9.97. The standard InChI is InChI=1S/C19H20F3N3O4/c1-11(13-4-3-5-14(9-13)29-19(20,21)22)8-16-23-7-6-17(24-16)25-15(12(2)26)10-28-18(25)27/h3-7,9,11-12,15,26H,8,10H2,1-2H3/t11-,12-,15-/m1/s1. The molecule has 0 unspecified atom stereocenters. The molecule has 1 aromatic heterocycles. The van der Waals surface area contributed by atoms with E-state index in [1.165, 1.54) is 35.4 Å². The highest BCUT2D eigenvalue weighted by atomic mass is 19.4. The van der Waals surface area contributed by atoms with Crippen molar-refractivity contribution in [3.63, 3.8) is 0 Å². The lowest BCUT2D eigenvalue weighted by Gasteiger charge is -2.22. The fraction of sp³-hybridized carbons (Fsp3) is 0.421. The Hall–Kier alpha value is -2.88. The summed E-state index contributed by atoms with van der Waals surface area (Å²) in [7, 11) is 0. The fourth-order valence-electron chi connectivity index (χ4n) is 3.09. The number of aliphatic hydroxyl groups excluding tert-OH is 1. The molecule has 1 aliphatic heterocycles. The lowest BCUT2D eigenvalue weighted by molar-refractivity contribution is -0.274. The predicted octanol–water partition coefficient (Wildman–Crippen LogP) is 3.43. The zero-order chi connectivity index (χ0) is 21.2. The summed E-state index contributed by atoms with van der Waals surface area (Å²) >= 11 is 0. The van der Waals surface area contributed by atoms with Crippen LogP contribution in [0.15, 0.2) is 36.5 Å². The van der Waals surface area contributed by atoms with Crippen LogP contribution in [0.25, 0.3) is 0 Å². The van der Waals surface area contributed by atoms with Crippen LogP contribution in [0.4, 0.5) is 23.8 Å². The van der Waals surface area contributed by atoms with Crippen LogP contribution in [0.3, 0.4) is 0 Å². The Bertz CT molecular complexity index is 876. The van der Waals surface area contributed by atoms with E-state index in [4.69, 9.17) is 4.74 Å². The molecule has 1 N–H and O–H groups in total. The van der Waals surface area contributed by atoms with Gasteiger partial charge in [-0.2, -0.15) is 0 Å². The zero-order valence-corrected chi connectivity index (χ0v) is 15.8. The van der Waals surface area contributed by atoms with Gasteiger partial charge in [0.1, 0.15) is 30.0 Å². The average molecular weight is 411 g/mol. The molecule has 3 rings (SSSR count). The van der Waals surface area contributed by atoms with Gasteiger partial charge < -0.3 is 14.6 Å². The van der Waals surface area contributed by atoms with Crippen LogP contribution < -0.4 is 9.64 Å². The molecule has 156 valence electrons. The van der Waals surface area contributed by atoms with Crippen LogP contribution in [0.1, 0.15) is 31.2 Å². The van der Waals surface area contributed by atoms with Crippen LogP contribution in [-0.4, -0.2) is 46.3 Å². The normalized spacial score (nSPS) is 19.0. The van der Waals surface area contributed by atoms with Crippen molar-refractivity contribution in [1.82, 2.24) is 9.97 Å². The Morgan fingerprint density at radius 3 is 2.79 bits per heavy atom. The van der Waals surface area contributed by atoms with E-state index in [9.17, 15) is 23.1 Å². The number of rotatable bonds is 6. The van der Waals surface area contributed by atoms with Gasteiger partial charge in [0, 0.05) is 12.6 Å². The summed E-state index contributed by atoms with van der Waals surface area (Å²) in [4.78, 5) is 21.9. The highest BCUT2D eigenvalue weighted by Gasteiger charge is 2.38. The third kappa shape index (κ3) is 5.14. The zero-order valence-electron chi connectivity index (χ0n) is 15.8. The van der Waals surface area contributed by atoms with E-state index in [0.717, 1.165) is 0 Å². The number of alkyl halides is 3. The van der Waals surface area contributed by atoms with E-state index < -0.39 is 24.6 Å². The van der Waals surface area contributed by atoms with Gasteiger partial charge in [-0.3, -0.25) is 4.90 Å². The number of ether oxygens (including phenoxy) is 2. The van der Waals surface area contributed by atoms with Gasteiger partial charge in [-0.1, -0.05) is 19.1 Å². The molecule has 1 fully saturated rings. The number of nitrogens with zero attached hydrogens (tertiary/aromatic N) is 3. The first kappa shape index (κ1) is 20.8. The number of hydrogen-bond donors (Lipinski definition) is 1. The molecule has 1 amide bonds. The first-order valence-electron chi connectivity index (χ1n) is 8.95. The molecule has 29 heavy (non-hydrogen) atoms. The second-order valence-electron chi connectivity index (χ2n) is 6.81. The molecular formula is C19H20F3N3O4. The molecule has 0 radical (unpaired) electrons. The van der Waals surface area contributed by atoms with Gasteiger partial charge in [0.2, 0.25) is 0 Å². The van der Waals surface area contributed by atoms with Crippen molar-refractivity contribution in [2.24, 2.45) is 0 Å². The van der Waals surface area contributed by atoms with Crippen LogP contribution >= 0.6 is 0 Å². The number of anilines is 1. The molecule has 2 heterocycles. The van der Waals surface area contributed by atoms with Crippen LogP contribution in [0.2, 0.25) is 0 Å².